The Morgan fingerprint density at radius 1 is 1.13 bits per heavy atom. The molecule has 30 heavy (non-hydrogen) atoms. The third kappa shape index (κ3) is 5.19. The third-order valence-corrected chi connectivity index (χ3v) is 7.16. The lowest BCUT2D eigenvalue weighted by Gasteiger charge is -2.30. The summed E-state index contributed by atoms with van der Waals surface area (Å²) < 4.78 is 32.2. The highest BCUT2D eigenvalue weighted by molar-refractivity contribution is 7.89. The lowest BCUT2D eigenvalue weighted by Crippen LogP contribution is -2.43. The van der Waals surface area contributed by atoms with Crippen LogP contribution >= 0.6 is 11.6 Å². The molecule has 1 saturated heterocycles. The lowest BCUT2D eigenvalue weighted by molar-refractivity contribution is -0.153. The van der Waals surface area contributed by atoms with Gasteiger partial charge in [-0.1, -0.05) is 29.8 Å². The van der Waals surface area contributed by atoms with Gasteiger partial charge in [0.2, 0.25) is 10.0 Å². The number of rotatable bonds is 6. The predicted octanol–water partition coefficient (Wildman–Crippen LogP) is 2.95. The van der Waals surface area contributed by atoms with Gasteiger partial charge in [0.1, 0.15) is 0 Å². The molecule has 0 radical (unpaired) electrons. The maximum Gasteiger partial charge on any atom is 0.310 e. The Labute approximate surface area is 181 Å². The fraction of sp³-hybridized carbons (Fsp3) is 0.333. The standard InChI is InChI=1S/C21H23ClN2O5S/c1-23(18-7-3-2-4-8-18)20(25)15-29-21(26)16-6-5-13-24(14-16)30(27,28)19-11-9-17(22)10-12-19/h2-4,7-12,16H,5-6,13-15H2,1H3. The maximum absolute atomic E-state index is 12.8. The van der Waals surface area contributed by atoms with Crippen molar-refractivity contribution in [2.75, 3.05) is 31.6 Å². The molecule has 1 unspecified atom stereocenters. The van der Waals surface area contributed by atoms with E-state index in [1.165, 1.54) is 33.5 Å². The summed E-state index contributed by atoms with van der Waals surface area (Å²) in [6.45, 7) is -0.0540. The van der Waals surface area contributed by atoms with Crippen LogP contribution in [0, 0.1) is 5.92 Å². The topological polar surface area (TPSA) is 84.0 Å². The Hall–Kier alpha value is -2.42. The number of hydrogen-bond acceptors (Lipinski definition) is 5. The molecule has 1 fully saturated rings. The number of sulfonamides is 1. The summed E-state index contributed by atoms with van der Waals surface area (Å²) in [7, 11) is -2.13. The highest BCUT2D eigenvalue weighted by Crippen LogP contribution is 2.25. The quantitative estimate of drug-likeness (QED) is 0.632. The van der Waals surface area contributed by atoms with Crippen molar-refractivity contribution in [3.05, 3.63) is 59.6 Å². The van der Waals surface area contributed by atoms with E-state index in [0.717, 1.165) is 0 Å². The van der Waals surface area contributed by atoms with E-state index < -0.39 is 28.5 Å². The van der Waals surface area contributed by atoms with E-state index in [4.69, 9.17) is 16.3 Å². The molecule has 0 aliphatic carbocycles. The van der Waals surface area contributed by atoms with Crippen LogP contribution < -0.4 is 4.90 Å². The van der Waals surface area contributed by atoms with Crippen LogP contribution in [0.3, 0.4) is 0 Å². The van der Waals surface area contributed by atoms with E-state index in [1.807, 2.05) is 18.2 Å². The van der Waals surface area contributed by atoms with Gasteiger partial charge in [-0.05, 0) is 49.2 Å². The monoisotopic (exact) mass is 450 g/mol. The Balaban J connectivity index is 1.59. The number of benzene rings is 2. The van der Waals surface area contributed by atoms with Crippen molar-refractivity contribution >= 4 is 39.2 Å². The van der Waals surface area contributed by atoms with Gasteiger partial charge in [0.25, 0.3) is 5.91 Å². The molecule has 3 rings (SSSR count). The molecule has 0 saturated carbocycles. The van der Waals surface area contributed by atoms with Crippen LogP contribution in [0.5, 0.6) is 0 Å². The van der Waals surface area contributed by atoms with Crippen LogP contribution in [0.15, 0.2) is 59.5 Å². The molecule has 160 valence electrons. The van der Waals surface area contributed by atoms with E-state index in [9.17, 15) is 18.0 Å². The Bertz CT molecular complexity index is 996. The Morgan fingerprint density at radius 2 is 1.80 bits per heavy atom. The summed E-state index contributed by atoms with van der Waals surface area (Å²) in [6.07, 6.45) is 1.04. The van der Waals surface area contributed by atoms with E-state index in [-0.39, 0.29) is 17.3 Å². The summed E-state index contributed by atoms with van der Waals surface area (Å²) in [5, 5.41) is 0.444. The van der Waals surface area contributed by atoms with Gasteiger partial charge < -0.3 is 9.64 Å². The number of para-hydroxylation sites is 1. The number of nitrogens with zero attached hydrogens (tertiary/aromatic N) is 2. The number of anilines is 1. The molecule has 2 aromatic rings. The molecular formula is C21H23ClN2O5S. The van der Waals surface area contributed by atoms with Gasteiger partial charge in [-0.3, -0.25) is 9.59 Å². The molecule has 1 amide bonds. The molecule has 7 nitrogen and oxygen atoms in total. The zero-order valence-electron chi connectivity index (χ0n) is 16.5. The number of ether oxygens (including phenoxy) is 1. The number of hydrogen-bond donors (Lipinski definition) is 0. The molecule has 0 spiro atoms. The van der Waals surface area contributed by atoms with Gasteiger partial charge in [0, 0.05) is 30.8 Å². The fourth-order valence-electron chi connectivity index (χ4n) is 3.25. The van der Waals surface area contributed by atoms with Gasteiger partial charge >= 0.3 is 5.97 Å². The molecule has 1 aliphatic rings. The number of esters is 1. The fourth-order valence-corrected chi connectivity index (χ4v) is 4.90. The van der Waals surface area contributed by atoms with Crippen LogP contribution in [-0.2, 0) is 24.3 Å². The minimum Gasteiger partial charge on any atom is -0.455 e. The number of amides is 1. The van der Waals surface area contributed by atoms with Gasteiger partial charge in [-0.2, -0.15) is 4.31 Å². The smallest absolute Gasteiger partial charge is 0.310 e. The highest BCUT2D eigenvalue weighted by Gasteiger charge is 2.34. The van der Waals surface area contributed by atoms with E-state index in [0.29, 0.717) is 30.1 Å². The molecular weight excluding hydrogens is 428 g/mol. The van der Waals surface area contributed by atoms with Crippen LogP contribution in [0.25, 0.3) is 0 Å². The normalized spacial score (nSPS) is 17.3. The van der Waals surface area contributed by atoms with Crippen LogP contribution in [0.1, 0.15) is 12.8 Å². The molecule has 9 heteroatoms. The zero-order chi connectivity index (χ0) is 21.7. The molecule has 1 aliphatic heterocycles. The first kappa shape index (κ1) is 22.3. The minimum atomic E-state index is -3.73. The van der Waals surface area contributed by atoms with Crippen molar-refractivity contribution in [3.63, 3.8) is 0 Å². The average molecular weight is 451 g/mol. The highest BCUT2D eigenvalue weighted by atomic mass is 35.5. The van der Waals surface area contributed by atoms with Crippen molar-refractivity contribution < 1.29 is 22.7 Å². The number of carbonyl (C=O) groups excluding carboxylic acids is 2. The first-order chi connectivity index (χ1) is 14.3. The van der Waals surface area contributed by atoms with Crippen molar-refractivity contribution in [2.24, 2.45) is 5.92 Å². The Kier molecular flexibility index (Phi) is 7.12. The number of halogens is 1. The summed E-state index contributed by atoms with van der Waals surface area (Å²) in [5.41, 5.74) is 0.691. The predicted molar refractivity (Wildman–Crippen MR) is 114 cm³/mol. The van der Waals surface area contributed by atoms with Gasteiger partial charge in [-0.25, -0.2) is 8.42 Å². The van der Waals surface area contributed by atoms with Gasteiger partial charge in [-0.15, -0.1) is 0 Å². The van der Waals surface area contributed by atoms with Gasteiger partial charge in [0.05, 0.1) is 10.8 Å². The average Bonchev–Trinajstić information content (AvgIpc) is 2.77. The molecule has 0 bridgehead atoms. The third-order valence-electron chi connectivity index (χ3n) is 5.02. The first-order valence-corrected chi connectivity index (χ1v) is 11.3. The van der Waals surface area contributed by atoms with Crippen LogP contribution in [0.2, 0.25) is 5.02 Å². The summed E-state index contributed by atoms with van der Waals surface area (Å²) in [6, 6.07) is 14.9. The van der Waals surface area contributed by atoms with E-state index in [1.54, 1.807) is 19.2 Å². The zero-order valence-corrected chi connectivity index (χ0v) is 18.1. The maximum atomic E-state index is 12.8. The molecule has 0 aromatic heterocycles. The van der Waals surface area contributed by atoms with Crippen molar-refractivity contribution in [2.45, 2.75) is 17.7 Å². The second-order valence-electron chi connectivity index (χ2n) is 7.05. The minimum absolute atomic E-state index is 0.0203. The lowest BCUT2D eigenvalue weighted by atomic mass is 10.00. The summed E-state index contributed by atoms with van der Waals surface area (Å²) >= 11 is 5.83. The number of piperidine rings is 1. The van der Waals surface area contributed by atoms with E-state index >= 15 is 0 Å². The SMILES string of the molecule is CN(C(=O)COC(=O)C1CCCN(S(=O)(=O)c2ccc(Cl)cc2)C1)c1ccccc1. The van der Waals surface area contributed by atoms with Crippen molar-refractivity contribution in [1.29, 1.82) is 0 Å². The van der Waals surface area contributed by atoms with Gasteiger partial charge in [0.15, 0.2) is 6.61 Å². The first-order valence-electron chi connectivity index (χ1n) is 9.53. The van der Waals surface area contributed by atoms with Crippen molar-refractivity contribution in [3.8, 4) is 0 Å². The number of likely N-dealkylation sites (N-methyl/N-ethyl adjacent to an activating group) is 1. The summed E-state index contributed by atoms with van der Waals surface area (Å²) in [4.78, 5) is 26.3. The van der Waals surface area contributed by atoms with Crippen molar-refractivity contribution in [1.82, 2.24) is 4.31 Å². The van der Waals surface area contributed by atoms with Crippen LogP contribution in [0.4, 0.5) is 5.69 Å². The molecule has 2 aromatic carbocycles. The molecule has 1 heterocycles. The number of carbonyl (C=O) groups is 2. The van der Waals surface area contributed by atoms with E-state index in [2.05, 4.69) is 0 Å². The largest absolute Gasteiger partial charge is 0.455 e. The molecule has 1 atom stereocenters. The second-order valence-corrected chi connectivity index (χ2v) is 9.43. The second kappa shape index (κ2) is 9.59. The molecule has 0 N–H and O–H groups in total. The Morgan fingerprint density at radius 3 is 2.47 bits per heavy atom. The van der Waals surface area contributed by atoms with Crippen LogP contribution in [-0.4, -0.2) is 51.3 Å². The summed E-state index contributed by atoms with van der Waals surface area (Å²) in [5.74, 6) is -1.55.